The lowest BCUT2D eigenvalue weighted by molar-refractivity contribution is -0.129. The topological polar surface area (TPSA) is 48.7 Å². The molecule has 0 aliphatic carbocycles. The maximum absolute atomic E-state index is 12.8. The maximum atomic E-state index is 12.8. The Balaban J connectivity index is 1.68. The summed E-state index contributed by atoms with van der Waals surface area (Å²) in [5, 5.41) is 1.73. The molecule has 2 saturated heterocycles. The van der Waals surface area contributed by atoms with Gasteiger partial charge in [-0.1, -0.05) is 24.6 Å². The summed E-state index contributed by atoms with van der Waals surface area (Å²) in [4.78, 5) is 15.1. The second-order valence-electron chi connectivity index (χ2n) is 5.82. The van der Waals surface area contributed by atoms with Crippen LogP contribution in [-0.4, -0.2) is 28.4 Å². The first kappa shape index (κ1) is 13.4. The molecule has 1 aromatic carbocycles. The van der Waals surface area contributed by atoms with Crippen LogP contribution in [0.4, 0.5) is 5.69 Å². The molecule has 5 nitrogen and oxygen atoms in total. The van der Waals surface area contributed by atoms with Crippen LogP contribution in [-0.2, 0) is 4.79 Å². The van der Waals surface area contributed by atoms with E-state index in [0.717, 1.165) is 37.3 Å². The minimum absolute atomic E-state index is 0.0416. The van der Waals surface area contributed by atoms with E-state index in [9.17, 15) is 4.79 Å². The number of carbonyl (C=O) groups excluding carboxylic acids is 1. The van der Waals surface area contributed by atoms with E-state index in [4.69, 9.17) is 4.42 Å². The van der Waals surface area contributed by atoms with Crippen molar-refractivity contribution in [1.82, 2.24) is 9.91 Å². The van der Waals surface area contributed by atoms with Gasteiger partial charge in [0.1, 0.15) is 5.76 Å². The van der Waals surface area contributed by atoms with Crippen LogP contribution < -0.4 is 5.43 Å². The number of anilines is 1. The number of rotatable bonds is 3. The summed E-state index contributed by atoms with van der Waals surface area (Å²) >= 11 is 0. The molecule has 0 spiro atoms. The van der Waals surface area contributed by atoms with Gasteiger partial charge in [0.05, 0.1) is 18.0 Å². The van der Waals surface area contributed by atoms with E-state index in [1.165, 1.54) is 0 Å². The number of fused-ring (bicyclic) bond motifs is 1. The van der Waals surface area contributed by atoms with E-state index in [2.05, 4.69) is 10.3 Å². The molecule has 1 N–H and O–H groups in total. The Morgan fingerprint density at radius 3 is 2.73 bits per heavy atom. The third-order valence-electron chi connectivity index (χ3n) is 4.45. The molecule has 2 aliphatic rings. The zero-order valence-corrected chi connectivity index (χ0v) is 12.3. The number of carbonyl (C=O) groups is 1. The minimum Gasteiger partial charge on any atom is -0.466 e. The number of benzene rings is 1. The summed E-state index contributed by atoms with van der Waals surface area (Å²) in [5.41, 5.74) is 4.18. The van der Waals surface area contributed by atoms with E-state index in [1.54, 1.807) is 11.3 Å². The highest BCUT2D eigenvalue weighted by Crippen LogP contribution is 2.38. The van der Waals surface area contributed by atoms with E-state index in [0.29, 0.717) is 0 Å². The summed E-state index contributed by atoms with van der Waals surface area (Å²) in [5.74, 6) is 0.936. The second kappa shape index (κ2) is 5.50. The zero-order chi connectivity index (χ0) is 14.9. The largest absolute Gasteiger partial charge is 0.466 e. The lowest BCUT2D eigenvalue weighted by atomic mass is 10.0. The van der Waals surface area contributed by atoms with Crippen LogP contribution in [0.5, 0.6) is 0 Å². The molecule has 114 valence electrons. The number of amides is 1. The van der Waals surface area contributed by atoms with Crippen LogP contribution in [0.3, 0.4) is 0 Å². The fourth-order valence-corrected chi connectivity index (χ4v) is 3.44. The monoisotopic (exact) mass is 297 g/mol. The van der Waals surface area contributed by atoms with Gasteiger partial charge in [-0.05, 0) is 37.1 Å². The van der Waals surface area contributed by atoms with Gasteiger partial charge in [0.2, 0.25) is 0 Å². The predicted molar refractivity (Wildman–Crippen MR) is 82.7 cm³/mol. The average Bonchev–Trinajstić information content (AvgIpc) is 3.17. The lowest BCUT2D eigenvalue weighted by Gasteiger charge is -2.32. The summed E-state index contributed by atoms with van der Waals surface area (Å²) in [6.07, 6.45) is 4.64. The molecule has 0 radical (unpaired) electrons. The quantitative estimate of drug-likeness (QED) is 0.946. The number of hydrogen-bond donors (Lipinski definition) is 1. The van der Waals surface area contributed by atoms with Crippen LogP contribution in [0.15, 0.2) is 53.1 Å². The molecule has 5 heteroatoms. The van der Waals surface area contributed by atoms with Crippen LogP contribution in [0, 0.1) is 0 Å². The van der Waals surface area contributed by atoms with Crippen molar-refractivity contribution in [3.63, 3.8) is 0 Å². The van der Waals surface area contributed by atoms with E-state index in [-0.39, 0.29) is 18.1 Å². The lowest BCUT2D eigenvalue weighted by Crippen LogP contribution is -2.38. The molecule has 0 bridgehead atoms. The van der Waals surface area contributed by atoms with Gasteiger partial charge in [0, 0.05) is 6.54 Å². The third-order valence-corrected chi connectivity index (χ3v) is 4.45. The Morgan fingerprint density at radius 2 is 1.95 bits per heavy atom. The van der Waals surface area contributed by atoms with E-state index in [1.807, 2.05) is 42.5 Å². The molecule has 1 amide bonds. The Morgan fingerprint density at radius 1 is 1.09 bits per heavy atom. The van der Waals surface area contributed by atoms with Gasteiger partial charge >= 0.3 is 0 Å². The van der Waals surface area contributed by atoms with Crippen LogP contribution in [0.1, 0.15) is 31.2 Å². The Kier molecular flexibility index (Phi) is 3.35. The van der Waals surface area contributed by atoms with Crippen molar-refractivity contribution in [2.45, 2.75) is 31.5 Å². The SMILES string of the molecule is O=C1C2CCCCN2C(c2ccco2)N1Nc1ccccc1. The number of furan rings is 1. The number of nitrogens with one attached hydrogen (secondary N) is 1. The standard InChI is InChI=1S/C17H19N3O2/c21-17-14-9-4-5-11-19(14)16(15-10-6-12-22-15)20(17)18-13-7-2-1-3-8-13/h1-3,6-8,10,12,14,16,18H,4-5,9,11H2. The van der Waals surface area contributed by atoms with Crippen LogP contribution in [0.25, 0.3) is 0 Å². The summed E-state index contributed by atoms with van der Waals surface area (Å²) in [7, 11) is 0. The van der Waals surface area contributed by atoms with Gasteiger partial charge in [-0.25, -0.2) is 5.01 Å². The fourth-order valence-electron chi connectivity index (χ4n) is 3.44. The minimum atomic E-state index is -0.173. The number of hydrazine groups is 1. The van der Waals surface area contributed by atoms with Gasteiger partial charge in [0.25, 0.3) is 5.91 Å². The predicted octanol–water partition coefficient (Wildman–Crippen LogP) is 3.00. The normalized spacial score (nSPS) is 25.3. The van der Waals surface area contributed by atoms with Crippen LogP contribution >= 0.6 is 0 Å². The number of nitrogens with zero attached hydrogens (tertiary/aromatic N) is 2. The van der Waals surface area contributed by atoms with Gasteiger partial charge in [-0.3, -0.25) is 15.1 Å². The fraction of sp³-hybridized carbons (Fsp3) is 0.353. The Bertz CT molecular complexity index is 641. The summed E-state index contributed by atoms with van der Waals surface area (Å²) < 4.78 is 5.61. The van der Waals surface area contributed by atoms with Crippen molar-refractivity contribution in [2.24, 2.45) is 0 Å². The highest BCUT2D eigenvalue weighted by atomic mass is 16.3. The van der Waals surface area contributed by atoms with Crippen molar-refractivity contribution in [3.8, 4) is 0 Å². The Labute approximate surface area is 129 Å². The van der Waals surface area contributed by atoms with Crippen molar-refractivity contribution in [3.05, 3.63) is 54.5 Å². The molecule has 3 heterocycles. The zero-order valence-electron chi connectivity index (χ0n) is 12.3. The number of hydrogen-bond acceptors (Lipinski definition) is 4. The summed E-state index contributed by atoms with van der Waals surface area (Å²) in [6, 6.07) is 13.6. The number of para-hydroxylation sites is 1. The highest BCUT2D eigenvalue weighted by molar-refractivity contribution is 5.85. The van der Waals surface area contributed by atoms with Gasteiger partial charge in [-0.15, -0.1) is 0 Å². The van der Waals surface area contributed by atoms with E-state index < -0.39 is 0 Å². The van der Waals surface area contributed by atoms with E-state index >= 15 is 0 Å². The number of piperidine rings is 1. The average molecular weight is 297 g/mol. The smallest absolute Gasteiger partial charge is 0.260 e. The molecular formula is C17H19N3O2. The first-order valence-electron chi connectivity index (χ1n) is 7.78. The highest BCUT2D eigenvalue weighted by Gasteiger charge is 2.49. The molecule has 1 aromatic heterocycles. The van der Waals surface area contributed by atoms with Crippen LogP contribution in [0.2, 0.25) is 0 Å². The van der Waals surface area contributed by atoms with Crippen molar-refractivity contribution >= 4 is 11.6 Å². The van der Waals surface area contributed by atoms with Gasteiger partial charge in [0.15, 0.2) is 6.17 Å². The Hall–Kier alpha value is -2.27. The first-order chi connectivity index (χ1) is 10.8. The third kappa shape index (κ3) is 2.18. The van der Waals surface area contributed by atoms with Crippen molar-refractivity contribution in [1.29, 1.82) is 0 Å². The molecule has 2 aliphatic heterocycles. The first-order valence-corrected chi connectivity index (χ1v) is 7.78. The maximum Gasteiger partial charge on any atom is 0.260 e. The molecule has 22 heavy (non-hydrogen) atoms. The van der Waals surface area contributed by atoms with Gasteiger partial charge in [-0.2, -0.15) is 0 Å². The van der Waals surface area contributed by atoms with Gasteiger partial charge < -0.3 is 4.42 Å². The van der Waals surface area contributed by atoms with Crippen molar-refractivity contribution in [2.75, 3.05) is 12.0 Å². The molecule has 2 atom stereocenters. The molecular weight excluding hydrogens is 278 g/mol. The molecule has 2 unspecified atom stereocenters. The summed E-state index contributed by atoms with van der Waals surface area (Å²) in [6.45, 7) is 0.925. The molecule has 4 rings (SSSR count). The molecule has 0 saturated carbocycles. The van der Waals surface area contributed by atoms with Crippen molar-refractivity contribution < 1.29 is 9.21 Å². The second-order valence-corrected chi connectivity index (χ2v) is 5.82. The molecule has 2 aromatic rings. The molecule has 2 fully saturated rings.